The number of halogens is 1. The lowest BCUT2D eigenvalue weighted by molar-refractivity contribution is 0.138. The van der Waals surface area contributed by atoms with E-state index in [0.29, 0.717) is 0 Å². The van der Waals surface area contributed by atoms with Gasteiger partial charge in [-0.3, -0.25) is 0 Å². The first-order chi connectivity index (χ1) is 8.77. The van der Waals surface area contributed by atoms with Crippen LogP contribution in [0.1, 0.15) is 18.9 Å². The van der Waals surface area contributed by atoms with Gasteiger partial charge < -0.3 is 14.8 Å². The Balaban J connectivity index is 2.24. The van der Waals surface area contributed by atoms with Crippen molar-refractivity contribution in [3.05, 3.63) is 28.2 Å². The summed E-state index contributed by atoms with van der Waals surface area (Å²) in [7, 11) is 1.70. The minimum atomic E-state index is 0.723. The van der Waals surface area contributed by atoms with Crippen LogP contribution in [-0.2, 0) is 11.2 Å². The van der Waals surface area contributed by atoms with E-state index in [-0.39, 0.29) is 0 Å². The number of hydrogen-bond acceptors (Lipinski definition) is 3. The number of nitrogens with one attached hydrogen (secondary N) is 1. The van der Waals surface area contributed by atoms with Crippen molar-refractivity contribution < 1.29 is 9.47 Å². The number of benzene rings is 1. The lowest BCUT2D eigenvalue weighted by Gasteiger charge is -2.09. The molecule has 0 fully saturated rings. The molecule has 0 saturated heterocycles. The minimum absolute atomic E-state index is 0.723. The van der Waals surface area contributed by atoms with Crippen LogP contribution in [-0.4, -0.2) is 33.4 Å². The molecule has 1 N–H and O–H groups in total. The molecule has 0 aromatic heterocycles. The van der Waals surface area contributed by atoms with Gasteiger partial charge in [-0.05, 0) is 43.1 Å². The molecule has 0 spiro atoms. The Kier molecular flexibility index (Phi) is 8.05. The second-order valence-electron chi connectivity index (χ2n) is 4.07. The van der Waals surface area contributed by atoms with Gasteiger partial charge in [0.1, 0.15) is 5.75 Å². The standard InChI is InChI=1S/C14H22BrNO2/c1-3-7-16-8-10-18-9-6-12-11-13(15)4-5-14(12)17-2/h4-5,11,16H,3,6-10H2,1-2H3. The average molecular weight is 316 g/mol. The smallest absolute Gasteiger partial charge is 0.122 e. The summed E-state index contributed by atoms with van der Waals surface area (Å²) in [5.41, 5.74) is 1.17. The topological polar surface area (TPSA) is 30.5 Å². The predicted octanol–water partition coefficient (Wildman–Crippen LogP) is 3.02. The fourth-order valence-corrected chi connectivity index (χ4v) is 2.08. The van der Waals surface area contributed by atoms with Gasteiger partial charge in [-0.1, -0.05) is 22.9 Å². The zero-order valence-corrected chi connectivity index (χ0v) is 12.8. The van der Waals surface area contributed by atoms with Gasteiger partial charge in [-0.15, -0.1) is 0 Å². The van der Waals surface area contributed by atoms with Gasteiger partial charge in [0.05, 0.1) is 20.3 Å². The van der Waals surface area contributed by atoms with E-state index in [1.165, 1.54) is 5.56 Å². The van der Waals surface area contributed by atoms with Crippen molar-refractivity contribution >= 4 is 15.9 Å². The van der Waals surface area contributed by atoms with Crippen molar-refractivity contribution in [3.63, 3.8) is 0 Å². The predicted molar refractivity (Wildman–Crippen MR) is 78.4 cm³/mol. The van der Waals surface area contributed by atoms with Crippen molar-refractivity contribution in [2.75, 3.05) is 33.4 Å². The van der Waals surface area contributed by atoms with Crippen molar-refractivity contribution in [2.24, 2.45) is 0 Å². The van der Waals surface area contributed by atoms with E-state index in [1.807, 2.05) is 12.1 Å². The fourth-order valence-electron chi connectivity index (χ4n) is 1.67. The van der Waals surface area contributed by atoms with Crippen LogP contribution in [0.15, 0.2) is 22.7 Å². The third-order valence-corrected chi connectivity index (χ3v) is 3.10. The summed E-state index contributed by atoms with van der Waals surface area (Å²) in [6, 6.07) is 6.04. The molecule has 102 valence electrons. The van der Waals surface area contributed by atoms with Crippen LogP contribution < -0.4 is 10.1 Å². The molecule has 0 heterocycles. The van der Waals surface area contributed by atoms with Gasteiger partial charge in [0, 0.05) is 11.0 Å². The van der Waals surface area contributed by atoms with E-state index < -0.39 is 0 Å². The quantitative estimate of drug-likeness (QED) is 0.711. The molecular weight excluding hydrogens is 294 g/mol. The Morgan fingerprint density at radius 2 is 2.06 bits per heavy atom. The molecule has 0 bridgehead atoms. The zero-order chi connectivity index (χ0) is 13.2. The molecule has 1 aromatic carbocycles. The van der Waals surface area contributed by atoms with Crippen molar-refractivity contribution in [1.82, 2.24) is 5.32 Å². The molecular formula is C14H22BrNO2. The van der Waals surface area contributed by atoms with E-state index in [0.717, 1.165) is 49.4 Å². The van der Waals surface area contributed by atoms with Crippen LogP contribution in [0.4, 0.5) is 0 Å². The molecule has 0 atom stereocenters. The molecule has 0 aliphatic carbocycles. The van der Waals surface area contributed by atoms with Crippen LogP contribution >= 0.6 is 15.9 Å². The summed E-state index contributed by atoms with van der Waals surface area (Å²) in [5.74, 6) is 0.922. The van der Waals surface area contributed by atoms with Crippen LogP contribution in [0.25, 0.3) is 0 Å². The van der Waals surface area contributed by atoms with Gasteiger partial charge in [0.15, 0.2) is 0 Å². The maximum Gasteiger partial charge on any atom is 0.122 e. The maximum absolute atomic E-state index is 5.59. The SMILES string of the molecule is CCCNCCOCCc1cc(Br)ccc1OC. The summed E-state index contributed by atoms with van der Waals surface area (Å²) in [6.45, 7) is 5.62. The molecule has 1 rings (SSSR count). The fraction of sp³-hybridized carbons (Fsp3) is 0.571. The lowest BCUT2D eigenvalue weighted by Crippen LogP contribution is -2.20. The third kappa shape index (κ3) is 5.85. The summed E-state index contributed by atoms with van der Waals surface area (Å²) >= 11 is 3.47. The lowest BCUT2D eigenvalue weighted by atomic mass is 10.1. The first-order valence-electron chi connectivity index (χ1n) is 6.38. The second kappa shape index (κ2) is 9.36. The van der Waals surface area contributed by atoms with Gasteiger partial charge in [0.2, 0.25) is 0 Å². The van der Waals surface area contributed by atoms with Crippen molar-refractivity contribution in [2.45, 2.75) is 19.8 Å². The zero-order valence-electron chi connectivity index (χ0n) is 11.2. The second-order valence-corrected chi connectivity index (χ2v) is 4.98. The van der Waals surface area contributed by atoms with E-state index in [2.05, 4.69) is 34.2 Å². The van der Waals surface area contributed by atoms with Crippen LogP contribution in [0, 0.1) is 0 Å². The third-order valence-electron chi connectivity index (χ3n) is 2.61. The first kappa shape index (κ1) is 15.5. The molecule has 3 nitrogen and oxygen atoms in total. The Labute approximate surface area is 118 Å². The normalized spacial score (nSPS) is 10.6. The number of hydrogen-bond donors (Lipinski definition) is 1. The molecule has 0 radical (unpaired) electrons. The Bertz CT molecular complexity index is 345. The summed E-state index contributed by atoms with van der Waals surface area (Å²) in [6.07, 6.45) is 2.03. The largest absolute Gasteiger partial charge is 0.496 e. The monoisotopic (exact) mass is 315 g/mol. The summed E-state index contributed by atoms with van der Waals surface area (Å²) < 4.78 is 12.0. The van der Waals surface area contributed by atoms with Crippen LogP contribution in [0.2, 0.25) is 0 Å². The first-order valence-corrected chi connectivity index (χ1v) is 7.18. The summed E-state index contributed by atoms with van der Waals surface area (Å²) in [4.78, 5) is 0. The molecule has 1 aromatic rings. The number of methoxy groups -OCH3 is 1. The highest BCUT2D eigenvalue weighted by molar-refractivity contribution is 9.10. The minimum Gasteiger partial charge on any atom is -0.496 e. The Hall–Kier alpha value is -0.580. The van der Waals surface area contributed by atoms with Crippen molar-refractivity contribution in [1.29, 1.82) is 0 Å². The molecule has 18 heavy (non-hydrogen) atoms. The molecule has 0 amide bonds. The van der Waals surface area contributed by atoms with E-state index in [9.17, 15) is 0 Å². The Morgan fingerprint density at radius 3 is 2.78 bits per heavy atom. The maximum atomic E-state index is 5.59. The number of rotatable bonds is 9. The van der Waals surface area contributed by atoms with E-state index >= 15 is 0 Å². The van der Waals surface area contributed by atoms with Gasteiger partial charge in [-0.2, -0.15) is 0 Å². The highest BCUT2D eigenvalue weighted by Gasteiger charge is 2.03. The molecule has 4 heteroatoms. The van der Waals surface area contributed by atoms with Crippen molar-refractivity contribution in [3.8, 4) is 5.75 Å². The summed E-state index contributed by atoms with van der Waals surface area (Å²) in [5, 5.41) is 3.31. The average Bonchev–Trinajstić information content (AvgIpc) is 2.38. The molecule has 0 aliphatic heterocycles. The molecule has 0 unspecified atom stereocenters. The van der Waals surface area contributed by atoms with Crippen LogP contribution in [0.3, 0.4) is 0 Å². The van der Waals surface area contributed by atoms with Gasteiger partial charge in [-0.25, -0.2) is 0 Å². The van der Waals surface area contributed by atoms with Gasteiger partial charge in [0.25, 0.3) is 0 Å². The van der Waals surface area contributed by atoms with Gasteiger partial charge >= 0.3 is 0 Å². The highest BCUT2D eigenvalue weighted by atomic mass is 79.9. The molecule has 0 aliphatic rings. The van der Waals surface area contributed by atoms with Crippen LogP contribution in [0.5, 0.6) is 5.75 Å². The van der Waals surface area contributed by atoms with E-state index in [4.69, 9.17) is 9.47 Å². The molecule has 0 saturated carbocycles. The Morgan fingerprint density at radius 1 is 1.22 bits per heavy atom. The number of ether oxygens (including phenoxy) is 2. The van der Waals surface area contributed by atoms with E-state index in [1.54, 1.807) is 7.11 Å². The highest BCUT2D eigenvalue weighted by Crippen LogP contribution is 2.23.